The largest absolute Gasteiger partial charge is 1.00 e. The number of aryl methyl sites for hydroxylation is 2. The number of Topliss-reactive ketones (excluding diaryl/α,β-unsaturated/α-hetero) is 1. The molecule has 0 fully saturated rings. The van der Waals surface area contributed by atoms with Gasteiger partial charge in [0.05, 0.1) is 0 Å². The molecule has 1 aromatic carbocycles. The van der Waals surface area contributed by atoms with Crippen LogP contribution in [0.1, 0.15) is 21.5 Å². The molecule has 2 aromatic rings. The molecule has 0 saturated heterocycles. The molecule has 2 rings (SSSR count). The number of carbonyl (C=O) groups is 1. The lowest BCUT2D eigenvalue weighted by atomic mass is 10.1. The first-order chi connectivity index (χ1) is 8.54. The maximum Gasteiger partial charge on any atom is 0.227 e. The van der Waals surface area contributed by atoms with Gasteiger partial charge in [-0.25, -0.2) is 4.39 Å². The van der Waals surface area contributed by atoms with Gasteiger partial charge in [-0.1, -0.05) is 0 Å². The van der Waals surface area contributed by atoms with Gasteiger partial charge < -0.3 is 17.0 Å². The highest BCUT2D eigenvalue weighted by Crippen LogP contribution is 2.04. The molecule has 0 aliphatic heterocycles. The van der Waals surface area contributed by atoms with E-state index in [-0.39, 0.29) is 35.1 Å². The Bertz CT molecular complexity index is 561. The number of benzene rings is 1. The number of halogens is 2. The Morgan fingerprint density at radius 3 is 2.16 bits per heavy atom. The monoisotopic (exact) mass is 323 g/mol. The van der Waals surface area contributed by atoms with Gasteiger partial charge in [-0.3, -0.25) is 4.79 Å². The van der Waals surface area contributed by atoms with Crippen molar-refractivity contribution in [2.24, 2.45) is 0 Å². The summed E-state index contributed by atoms with van der Waals surface area (Å²) < 4.78 is 14.6. The van der Waals surface area contributed by atoms with Gasteiger partial charge >= 0.3 is 0 Å². The number of pyridine rings is 1. The fraction of sp³-hybridized carbons (Fsp3) is 0.200. The minimum atomic E-state index is -0.328. The second kappa shape index (κ2) is 6.57. The molecule has 19 heavy (non-hydrogen) atoms. The van der Waals surface area contributed by atoms with Gasteiger partial charge in [0.2, 0.25) is 12.3 Å². The van der Waals surface area contributed by atoms with Crippen LogP contribution in [-0.2, 0) is 6.54 Å². The van der Waals surface area contributed by atoms with Crippen LogP contribution >= 0.6 is 0 Å². The molecule has 0 spiro atoms. The lowest BCUT2D eigenvalue weighted by molar-refractivity contribution is -0.683. The molecule has 1 heterocycles. The number of aromatic nitrogens is 1. The summed E-state index contributed by atoms with van der Waals surface area (Å²) in [4.78, 5) is 12.0. The zero-order chi connectivity index (χ0) is 13.1. The number of carbonyl (C=O) groups excluding carboxylic acids is 1. The fourth-order valence-corrected chi connectivity index (χ4v) is 1.98. The molecule has 0 bridgehead atoms. The van der Waals surface area contributed by atoms with Crippen molar-refractivity contribution in [2.75, 3.05) is 0 Å². The summed E-state index contributed by atoms with van der Waals surface area (Å²) in [7, 11) is 0. The smallest absolute Gasteiger partial charge is 0.227 e. The molecular formula is C15H15BrFNO. The van der Waals surface area contributed by atoms with Gasteiger partial charge in [-0.2, -0.15) is 4.57 Å². The Morgan fingerprint density at radius 1 is 1.11 bits per heavy atom. The van der Waals surface area contributed by atoms with Gasteiger partial charge in [-0.05, 0) is 44.2 Å². The summed E-state index contributed by atoms with van der Waals surface area (Å²) in [5.74, 6) is -0.351. The number of ketones is 1. The van der Waals surface area contributed by atoms with Crippen LogP contribution in [0.15, 0.2) is 42.7 Å². The minimum absolute atomic E-state index is 0. The van der Waals surface area contributed by atoms with E-state index < -0.39 is 0 Å². The SMILES string of the molecule is Cc1cc(C)c[n+](CC(=O)c2ccc(F)cc2)c1.[Br-]. The van der Waals surface area contributed by atoms with Crippen molar-refractivity contribution in [3.05, 3.63) is 65.2 Å². The second-order valence-corrected chi connectivity index (χ2v) is 4.49. The highest BCUT2D eigenvalue weighted by atomic mass is 79.9. The standard InChI is InChI=1S/C15H15FNO.BrH/c1-11-7-12(2)9-17(8-11)10-15(18)13-3-5-14(16)6-4-13;/h3-9H,10H2,1-2H3;1H/q+1;/p-1. The Labute approximate surface area is 122 Å². The van der Waals surface area contributed by atoms with E-state index in [1.165, 1.54) is 24.3 Å². The lowest BCUT2D eigenvalue weighted by Crippen LogP contribution is -3.00. The third-order valence-corrected chi connectivity index (χ3v) is 2.69. The van der Waals surface area contributed by atoms with Crippen molar-refractivity contribution in [1.29, 1.82) is 0 Å². The van der Waals surface area contributed by atoms with Gasteiger partial charge in [0.15, 0.2) is 12.4 Å². The van der Waals surface area contributed by atoms with Crippen molar-refractivity contribution in [3.63, 3.8) is 0 Å². The van der Waals surface area contributed by atoms with Crippen LogP contribution in [0, 0.1) is 19.7 Å². The average Bonchev–Trinajstić information content (AvgIpc) is 2.28. The summed E-state index contributed by atoms with van der Waals surface area (Å²) >= 11 is 0. The van der Waals surface area contributed by atoms with E-state index in [0.717, 1.165) is 11.1 Å². The van der Waals surface area contributed by atoms with Crippen molar-refractivity contribution in [2.45, 2.75) is 20.4 Å². The molecule has 2 nitrogen and oxygen atoms in total. The van der Waals surface area contributed by atoms with Crippen molar-refractivity contribution >= 4 is 5.78 Å². The molecule has 0 aliphatic rings. The van der Waals surface area contributed by atoms with Gasteiger partial charge in [0.1, 0.15) is 5.82 Å². The third kappa shape index (κ3) is 4.24. The molecule has 0 unspecified atom stereocenters. The average molecular weight is 324 g/mol. The van der Waals surface area contributed by atoms with E-state index in [2.05, 4.69) is 6.07 Å². The maximum absolute atomic E-state index is 12.8. The van der Waals surface area contributed by atoms with Crippen LogP contribution in [0.3, 0.4) is 0 Å². The van der Waals surface area contributed by atoms with E-state index >= 15 is 0 Å². The first-order valence-electron chi connectivity index (χ1n) is 5.81. The summed E-state index contributed by atoms with van der Waals surface area (Å²) in [6.45, 7) is 4.26. The molecule has 0 radical (unpaired) electrons. The van der Waals surface area contributed by atoms with Crippen LogP contribution in [0.5, 0.6) is 0 Å². The quantitative estimate of drug-likeness (QED) is 0.557. The molecule has 0 atom stereocenters. The molecule has 1 aromatic heterocycles. The Morgan fingerprint density at radius 2 is 1.63 bits per heavy atom. The second-order valence-electron chi connectivity index (χ2n) is 4.49. The first kappa shape index (κ1) is 15.5. The number of rotatable bonds is 3. The highest BCUT2D eigenvalue weighted by molar-refractivity contribution is 5.94. The molecule has 100 valence electrons. The zero-order valence-electron chi connectivity index (χ0n) is 10.9. The van der Waals surface area contributed by atoms with E-state index in [0.29, 0.717) is 5.56 Å². The van der Waals surface area contributed by atoms with Crippen LogP contribution in [0.2, 0.25) is 0 Å². The van der Waals surface area contributed by atoms with Crippen LogP contribution < -0.4 is 21.5 Å². The Hall–Kier alpha value is -1.55. The number of hydrogen-bond donors (Lipinski definition) is 0. The normalized spacial score (nSPS) is 9.84. The fourth-order valence-electron chi connectivity index (χ4n) is 1.98. The molecular weight excluding hydrogens is 309 g/mol. The predicted molar refractivity (Wildman–Crippen MR) is 66.8 cm³/mol. The lowest BCUT2D eigenvalue weighted by Gasteiger charge is -2.00. The predicted octanol–water partition coefficient (Wildman–Crippen LogP) is -0.383. The summed E-state index contributed by atoms with van der Waals surface area (Å²) in [5, 5.41) is 0. The van der Waals surface area contributed by atoms with Crippen molar-refractivity contribution in [3.8, 4) is 0 Å². The first-order valence-corrected chi connectivity index (χ1v) is 5.81. The molecule has 0 aliphatic carbocycles. The van der Waals surface area contributed by atoms with Crippen LogP contribution in [0.25, 0.3) is 0 Å². The Kier molecular flexibility index (Phi) is 5.36. The van der Waals surface area contributed by atoms with Crippen molar-refractivity contribution in [1.82, 2.24) is 0 Å². The van der Waals surface area contributed by atoms with E-state index in [9.17, 15) is 9.18 Å². The minimum Gasteiger partial charge on any atom is -1.00 e. The molecule has 0 N–H and O–H groups in total. The number of nitrogens with zero attached hydrogens (tertiary/aromatic N) is 1. The van der Waals surface area contributed by atoms with Gasteiger partial charge in [0, 0.05) is 16.7 Å². The van der Waals surface area contributed by atoms with E-state index in [4.69, 9.17) is 0 Å². The summed E-state index contributed by atoms with van der Waals surface area (Å²) in [6, 6.07) is 7.69. The third-order valence-electron chi connectivity index (χ3n) is 2.69. The molecule has 0 amide bonds. The van der Waals surface area contributed by atoms with Gasteiger partial charge in [0.25, 0.3) is 0 Å². The number of hydrogen-bond acceptors (Lipinski definition) is 1. The molecule has 0 saturated carbocycles. The zero-order valence-corrected chi connectivity index (χ0v) is 12.4. The van der Waals surface area contributed by atoms with E-state index in [1.54, 1.807) is 0 Å². The summed E-state index contributed by atoms with van der Waals surface area (Å²) in [5.41, 5.74) is 2.76. The Balaban J connectivity index is 0.00000180. The maximum atomic E-state index is 12.8. The summed E-state index contributed by atoms with van der Waals surface area (Å²) in [6.07, 6.45) is 3.85. The highest BCUT2D eigenvalue weighted by Gasteiger charge is 2.12. The van der Waals surface area contributed by atoms with Crippen LogP contribution in [-0.4, -0.2) is 5.78 Å². The topological polar surface area (TPSA) is 20.9 Å². The van der Waals surface area contributed by atoms with Crippen LogP contribution in [0.4, 0.5) is 4.39 Å². The van der Waals surface area contributed by atoms with Crippen molar-refractivity contribution < 1.29 is 30.7 Å². The van der Waals surface area contributed by atoms with Gasteiger partial charge in [-0.15, -0.1) is 0 Å². The van der Waals surface area contributed by atoms with E-state index in [1.807, 2.05) is 30.8 Å². The molecule has 4 heteroatoms.